The first-order valence-corrected chi connectivity index (χ1v) is 16.9. The van der Waals surface area contributed by atoms with Crippen LogP contribution in [0.25, 0.3) is 11.0 Å². The molecule has 3 amide bonds. The number of amides is 3. The second-order valence-electron chi connectivity index (χ2n) is 12.8. The number of anilines is 2. The highest BCUT2D eigenvalue weighted by Gasteiger charge is 2.70. The molecule has 3 aromatic heterocycles. The summed E-state index contributed by atoms with van der Waals surface area (Å²) in [6, 6.07) is 5.89. The third-order valence-electron chi connectivity index (χ3n) is 9.65. The van der Waals surface area contributed by atoms with Gasteiger partial charge >= 0.3 is 0 Å². The minimum Gasteiger partial charge on any atom is -0.343 e. The van der Waals surface area contributed by atoms with E-state index >= 15 is 0 Å². The molecule has 248 valence electrons. The summed E-state index contributed by atoms with van der Waals surface area (Å²) in [6.07, 6.45) is 10.9. The SMILES string of the molecule is CC.CCC.CN(C)C(=O)c1cc2cnc(Nc3ccc(C(=O)N4CC5N(C(=O)CN)C6CCC65C4)cn3)nc2n1C1CCCC1. The van der Waals surface area contributed by atoms with E-state index in [1.165, 1.54) is 6.42 Å². The van der Waals surface area contributed by atoms with Gasteiger partial charge in [0.1, 0.15) is 17.2 Å². The summed E-state index contributed by atoms with van der Waals surface area (Å²) in [5, 5.41) is 3.98. The summed E-state index contributed by atoms with van der Waals surface area (Å²) in [6.45, 7) is 9.46. The number of nitrogens with two attached hydrogens (primary N) is 1. The third kappa shape index (κ3) is 5.72. The monoisotopic (exact) mass is 631 g/mol. The van der Waals surface area contributed by atoms with Crippen molar-refractivity contribution in [2.24, 2.45) is 11.1 Å². The summed E-state index contributed by atoms with van der Waals surface area (Å²) in [4.78, 5) is 57.7. The van der Waals surface area contributed by atoms with Crippen molar-refractivity contribution in [2.45, 2.75) is 90.8 Å². The zero-order valence-corrected chi connectivity index (χ0v) is 28.1. The molecule has 7 rings (SSSR count). The first kappa shape index (κ1) is 33.3. The Morgan fingerprint density at radius 2 is 1.76 bits per heavy atom. The van der Waals surface area contributed by atoms with Crippen LogP contribution < -0.4 is 11.1 Å². The fourth-order valence-corrected chi connectivity index (χ4v) is 7.54. The van der Waals surface area contributed by atoms with Crippen LogP contribution >= 0.6 is 0 Å². The van der Waals surface area contributed by atoms with Crippen LogP contribution in [0, 0.1) is 5.41 Å². The average molecular weight is 632 g/mol. The Morgan fingerprint density at radius 3 is 2.35 bits per heavy atom. The Balaban J connectivity index is 0.000000789. The summed E-state index contributed by atoms with van der Waals surface area (Å²) in [7, 11) is 3.51. The van der Waals surface area contributed by atoms with E-state index in [1.54, 1.807) is 43.5 Å². The molecule has 2 aliphatic carbocycles. The Labute approximate surface area is 271 Å². The second kappa shape index (κ2) is 13.7. The lowest BCUT2D eigenvalue weighted by Gasteiger charge is -2.67. The number of carbonyl (C=O) groups is 3. The van der Waals surface area contributed by atoms with Gasteiger partial charge in [0, 0.05) is 62.5 Å². The van der Waals surface area contributed by atoms with Crippen molar-refractivity contribution in [1.29, 1.82) is 0 Å². The molecule has 12 nitrogen and oxygen atoms in total. The van der Waals surface area contributed by atoms with Crippen LogP contribution in [0.4, 0.5) is 11.8 Å². The number of piperidine rings is 1. The fraction of sp³-hybridized carbons (Fsp3) is 0.588. The highest BCUT2D eigenvalue weighted by Crippen LogP contribution is 2.61. The molecule has 5 heterocycles. The van der Waals surface area contributed by atoms with E-state index in [0.29, 0.717) is 36.1 Å². The van der Waals surface area contributed by atoms with E-state index in [4.69, 9.17) is 10.7 Å². The van der Waals surface area contributed by atoms with Crippen molar-refractivity contribution in [3.63, 3.8) is 0 Å². The summed E-state index contributed by atoms with van der Waals surface area (Å²) in [5.74, 6) is 0.731. The molecule has 3 N–H and O–H groups in total. The molecule has 2 saturated carbocycles. The van der Waals surface area contributed by atoms with Gasteiger partial charge in [-0.1, -0.05) is 47.0 Å². The number of hydrogen-bond donors (Lipinski definition) is 2. The van der Waals surface area contributed by atoms with Gasteiger partial charge in [-0.05, 0) is 43.9 Å². The Kier molecular flexibility index (Phi) is 9.95. The van der Waals surface area contributed by atoms with E-state index in [2.05, 4.69) is 33.7 Å². The molecule has 46 heavy (non-hydrogen) atoms. The van der Waals surface area contributed by atoms with Gasteiger partial charge in [-0.15, -0.1) is 0 Å². The van der Waals surface area contributed by atoms with Crippen LogP contribution in [0.15, 0.2) is 30.6 Å². The molecule has 0 bridgehead atoms. The quantitative estimate of drug-likeness (QED) is 0.402. The minimum atomic E-state index is -0.0798. The molecule has 1 spiro atoms. The number of nitrogens with one attached hydrogen (secondary N) is 1. The highest BCUT2D eigenvalue weighted by atomic mass is 16.2. The van der Waals surface area contributed by atoms with Crippen LogP contribution in [0.5, 0.6) is 0 Å². The van der Waals surface area contributed by atoms with Crippen molar-refractivity contribution in [3.05, 3.63) is 41.9 Å². The first-order chi connectivity index (χ1) is 22.2. The van der Waals surface area contributed by atoms with Crippen LogP contribution in [0.1, 0.15) is 99.5 Å². The molecule has 2 saturated heterocycles. The predicted octanol–water partition coefficient (Wildman–Crippen LogP) is 4.60. The molecule has 4 aliphatic rings. The summed E-state index contributed by atoms with van der Waals surface area (Å²) >= 11 is 0. The van der Waals surface area contributed by atoms with E-state index in [1.807, 2.05) is 29.7 Å². The molecular formula is C34H49N9O3. The van der Waals surface area contributed by atoms with Crippen LogP contribution in [-0.2, 0) is 4.79 Å². The summed E-state index contributed by atoms with van der Waals surface area (Å²) in [5.41, 5.74) is 7.52. The maximum atomic E-state index is 13.3. The van der Waals surface area contributed by atoms with Gasteiger partial charge in [0.15, 0.2) is 0 Å². The molecule has 0 radical (unpaired) electrons. The van der Waals surface area contributed by atoms with Crippen LogP contribution in [-0.4, -0.2) is 97.8 Å². The third-order valence-corrected chi connectivity index (χ3v) is 9.65. The number of rotatable bonds is 6. The highest BCUT2D eigenvalue weighted by molar-refractivity contribution is 5.98. The summed E-state index contributed by atoms with van der Waals surface area (Å²) < 4.78 is 2.07. The zero-order chi connectivity index (χ0) is 33.2. The van der Waals surface area contributed by atoms with Crippen LogP contribution in [0.2, 0.25) is 0 Å². The lowest BCUT2D eigenvalue weighted by atomic mass is 9.53. The maximum Gasteiger partial charge on any atom is 0.270 e. The Bertz CT molecular complexity index is 1560. The van der Waals surface area contributed by atoms with Gasteiger partial charge < -0.3 is 30.3 Å². The topological polar surface area (TPSA) is 143 Å². The second-order valence-corrected chi connectivity index (χ2v) is 12.8. The van der Waals surface area contributed by atoms with Gasteiger partial charge in [0.25, 0.3) is 11.8 Å². The van der Waals surface area contributed by atoms with Gasteiger partial charge in [0.05, 0.1) is 18.2 Å². The van der Waals surface area contributed by atoms with Gasteiger partial charge in [0.2, 0.25) is 11.9 Å². The molecule has 2 aliphatic heterocycles. The van der Waals surface area contributed by atoms with Crippen molar-refractivity contribution in [1.82, 2.24) is 34.2 Å². The van der Waals surface area contributed by atoms with Gasteiger partial charge in [-0.25, -0.2) is 9.97 Å². The normalized spacial score (nSPS) is 22.8. The van der Waals surface area contributed by atoms with Gasteiger partial charge in [-0.2, -0.15) is 4.98 Å². The first-order valence-electron chi connectivity index (χ1n) is 16.9. The molecule has 3 atom stereocenters. The molecule has 3 aromatic rings. The number of aromatic nitrogens is 4. The minimum absolute atomic E-state index is 0.00778. The average Bonchev–Trinajstić information content (AvgIpc) is 3.81. The number of fused-ring (bicyclic) bond motifs is 1. The molecule has 12 heteroatoms. The van der Waals surface area contributed by atoms with Crippen LogP contribution in [0.3, 0.4) is 0 Å². The lowest BCUT2D eigenvalue weighted by molar-refractivity contribution is -0.191. The van der Waals surface area contributed by atoms with Crippen molar-refractivity contribution in [2.75, 3.05) is 39.0 Å². The van der Waals surface area contributed by atoms with Crippen molar-refractivity contribution >= 4 is 40.5 Å². The van der Waals surface area contributed by atoms with Crippen molar-refractivity contribution < 1.29 is 14.4 Å². The number of nitrogens with zero attached hydrogens (tertiary/aromatic N) is 7. The lowest BCUT2D eigenvalue weighted by Crippen LogP contribution is -2.78. The standard InChI is InChI=1S/C29H35N9O3.C3H8.C2H6/c1-35(2)27(41)20-11-18-14-32-28(34-25(18)37(20)19-5-3-4-6-19)33-23-8-7-17(13-31-23)26(40)36-15-22-29(16-36)10-9-21(29)38(22)24(39)12-30;1-3-2;1-2/h7-8,11,13-14,19,21-22H,3-6,9-10,12,15-16,30H2,1-2H3,(H,31,32,33,34);3H2,1-2H3;1-2H3. The number of likely N-dealkylation sites (tertiary alicyclic amines) is 2. The Morgan fingerprint density at radius 1 is 1.04 bits per heavy atom. The number of pyridine rings is 1. The largest absolute Gasteiger partial charge is 0.343 e. The molecule has 3 unspecified atom stereocenters. The molecular weight excluding hydrogens is 582 g/mol. The fourth-order valence-electron chi connectivity index (χ4n) is 7.54. The zero-order valence-electron chi connectivity index (χ0n) is 28.1. The smallest absolute Gasteiger partial charge is 0.270 e. The number of carbonyl (C=O) groups excluding carboxylic acids is 3. The van der Waals surface area contributed by atoms with Crippen molar-refractivity contribution in [3.8, 4) is 0 Å². The van der Waals surface area contributed by atoms with E-state index < -0.39 is 0 Å². The molecule has 4 fully saturated rings. The molecule has 0 aromatic carbocycles. The van der Waals surface area contributed by atoms with E-state index in [9.17, 15) is 14.4 Å². The maximum absolute atomic E-state index is 13.3. The van der Waals surface area contributed by atoms with E-state index in [0.717, 1.165) is 49.6 Å². The van der Waals surface area contributed by atoms with Gasteiger partial charge in [-0.3, -0.25) is 14.4 Å². The Hall–Kier alpha value is -4.06. The predicted molar refractivity (Wildman–Crippen MR) is 179 cm³/mol. The number of hydrogen-bond acceptors (Lipinski definition) is 8. The van der Waals surface area contributed by atoms with E-state index in [-0.39, 0.29) is 47.8 Å².